The molecule has 1 aliphatic heterocycles. The first kappa shape index (κ1) is 22.7. The molecule has 0 unspecified atom stereocenters. The zero-order chi connectivity index (χ0) is 24.3. The van der Waals surface area contributed by atoms with Crippen molar-refractivity contribution in [1.29, 1.82) is 0 Å². The second-order valence-corrected chi connectivity index (χ2v) is 10.5. The molecule has 36 heavy (non-hydrogen) atoms. The zero-order valence-corrected chi connectivity index (χ0v) is 21.1. The number of aromatic amines is 1. The van der Waals surface area contributed by atoms with Gasteiger partial charge in [-0.2, -0.15) is 0 Å². The number of amides is 1. The number of nitrogens with zero attached hydrogens (tertiary/aromatic N) is 2. The van der Waals surface area contributed by atoms with E-state index in [1.54, 1.807) is 23.5 Å². The third-order valence-electron chi connectivity index (χ3n) is 6.03. The average molecular weight is 506 g/mol. The highest BCUT2D eigenvalue weighted by atomic mass is 32.2. The number of imidazole rings is 1. The summed E-state index contributed by atoms with van der Waals surface area (Å²) < 4.78 is 0. The summed E-state index contributed by atoms with van der Waals surface area (Å²) in [5.74, 6) is 0.712. The van der Waals surface area contributed by atoms with Gasteiger partial charge in [0.25, 0.3) is 0 Å². The minimum absolute atomic E-state index is 0.0841. The number of carbonyl (C=O) groups excluding carboxylic acids is 1. The lowest BCUT2D eigenvalue weighted by atomic mass is 10.1. The van der Waals surface area contributed by atoms with Crippen molar-refractivity contribution in [2.24, 2.45) is 0 Å². The predicted molar refractivity (Wildman–Crippen MR) is 149 cm³/mol. The van der Waals surface area contributed by atoms with Gasteiger partial charge in [-0.1, -0.05) is 108 Å². The van der Waals surface area contributed by atoms with Crippen LogP contribution in [0.1, 0.15) is 6.42 Å². The molecule has 0 bridgehead atoms. The molecule has 0 saturated heterocycles. The number of hydrogen-bond acceptors (Lipinski definition) is 4. The van der Waals surface area contributed by atoms with Crippen LogP contribution in [0.5, 0.6) is 0 Å². The second-order valence-electron chi connectivity index (χ2n) is 8.36. The SMILES string of the molecule is O=C(CCSc1nc(-c2ccccc2)c(-c2ccccc2)[nH]1)N1c2ccccc2Sc2ccccc21. The van der Waals surface area contributed by atoms with Gasteiger partial charge in [-0.3, -0.25) is 9.69 Å². The number of aromatic nitrogens is 2. The van der Waals surface area contributed by atoms with Crippen molar-refractivity contribution < 1.29 is 4.79 Å². The molecule has 0 aliphatic carbocycles. The molecule has 2 heterocycles. The number of benzene rings is 4. The summed E-state index contributed by atoms with van der Waals surface area (Å²) in [6.07, 6.45) is 0.403. The minimum Gasteiger partial charge on any atom is -0.332 e. The van der Waals surface area contributed by atoms with E-state index in [0.717, 1.165) is 48.8 Å². The van der Waals surface area contributed by atoms with E-state index >= 15 is 0 Å². The third kappa shape index (κ3) is 4.45. The fraction of sp³-hybridized carbons (Fsp3) is 0.0667. The average Bonchev–Trinajstić information content (AvgIpc) is 3.37. The number of hydrogen-bond donors (Lipinski definition) is 1. The number of carbonyl (C=O) groups is 1. The Hall–Kier alpha value is -3.74. The van der Waals surface area contributed by atoms with Crippen molar-refractivity contribution in [3.63, 3.8) is 0 Å². The summed E-state index contributed by atoms with van der Waals surface area (Å²) in [6, 6.07) is 36.6. The molecule has 0 fully saturated rings. The molecule has 0 radical (unpaired) electrons. The number of fused-ring (bicyclic) bond motifs is 2. The van der Waals surface area contributed by atoms with Crippen LogP contribution in [-0.4, -0.2) is 21.6 Å². The quantitative estimate of drug-likeness (QED) is 0.237. The monoisotopic (exact) mass is 505 g/mol. The molecule has 0 saturated carbocycles. The first-order valence-corrected chi connectivity index (χ1v) is 13.6. The van der Waals surface area contributed by atoms with Gasteiger partial charge >= 0.3 is 0 Å². The fourth-order valence-corrected chi connectivity index (χ4v) is 6.22. The molecule has 6 heteroatoms. The van der Waals surface area contributed by atoms with Gasteiger partial charge in [0.1, 0.15) is 0 Å². The molecule has 0 atom stereocenters. The van der Waals surface area contributed by atoms with Crippen LogP contribution in [-0.2, 0) is 4.79 Å². The maximum absolute atomic E-state index is 13.5. The van der Waals surface area contributed by atoms with Gasteiger partial charge in [-0.05, 0) is 24.3 Å². The van der Waals surface area contributed by atoms with Crippen molar-refractivity contribution >= 4 is 40.8 Å². The summed E-state index contributed by atoms with van der Waals surface area (Å²) in [4.78, 5) is 26.0. The van der Waals surface area contributed by atoms with Crippen LogP contribution in [0.15, 0.2) is 124 Å². The molecule has 1 aromatic heterocycles. The Morgan fingerprint density at radius 3 is 1.94 bits per heavy atom. The first-order chi connectivity index (χ1) is 17.8. The van der Waals surface area contributed by atoms with Crippen LogP contribution in [0, 0.1) is 0 Å². The number of thioether (sulfide) groups is 1. The first-order valence-electron chi connectivity index (χ1n) is 11.8. The maximum Gasteiger partial charge on any atom is 0.232 e. The summed E-state index contributed by atoms with van der Waals surface area (Å²) in [7, 11) is 0. The van der Waals surface area contributed by atoms with Gasteiger partial charge in [0.15, 0.2) is 5.16 Å². The van der Waals surface area contributed by atoms with E-state index in [4.69, 9.17) is 4.98 Å². The molecule has 0 spiro atoms. The van der Waals surface area contributed by atoms with Crippen LogP contribution >= 0.6 is 23.5 Å². The minimum atomic E-state index is 0.0841. The molecule has 1 amide bonds. The second kappa shape index (κ2) is 10.1. The van der Waals surface area contributed by atoms with E-state index in [1.807, 2.05) is 77.7 Å². The molecule has 176 valence electrons. The summed E-state index contributed by atoms with van der Waals surface area (Å²) in [5, 5.41) is 0.815. The highest BCUT2D eigenvalue weighted by Crippen LogP contribution is 2.48. The molecule has 1 N–H and O–H groups in total. The fourth-order valence-electron chi connectivity index (χ4n) is 4.36. The Morgan fingerprint density at radius 1 is 0.750 bits per heavy atom. The normalized spacial score (nSPS) is 12.2. The summed E-state index contributed by atoms with van der Waals surface area (Å²) in [5.41, 5.74) is 5.97. The van der Waals surface area contributed by atoms with Crippen molar-refractivity contribution in [2.75, 3.05) is 10.7 Å². The molecular weight excluding hydrogens is 482 g/mol. The van der Waals surface area contributed by atoms with Crippen LogP contribution in [0.4, 0.5) is 11.4 Å². The molecule has 4 nitrogen and oxygen atoms in total. The zero-order valence-electron chi connectivity index (χ0n) is 19.4. The van der Waals surface area contributed by atoms with Gasteiger partial charge < -0.3 is 4.98 Å². The summed E-state index contributed by atoms with van der Waals surface area (Å²) in [6.45, 7) is 0. The number of anilines is 2. The Morgan fingerprint density at radius 2 is 1.31 bits per heavy atom. The van der Waals surface area contributed by atoms with Crippen molar-refractivity contribution in [3.05, 3.63) is 109 Å². The van der Waals surface area contributed by atoms with Gasteiger partial charge in [0.05, 0.1) is 22.8 Å². The van der Waals surface area contributed by atoms with E-state index < -0.39 is 0 Å². The topological polar surface area (TPSA) is 49.0 Å². The Balaban J connectivity index is 1.23. The highest BCUT2D eigenvalue weighted by molar-refractivity contribution is 7.99. The highest BCUT2D eigenvalue weighted by Gasteiger charge is 2.27. The van der Waals surface area contributed by atoms with E-state index in [0.29, 0.717) is 12.2 Å². The van der Waals surface area contributed by atoms with Crippen molar-refractivity contribution in [1.82, 2.24) is 9.97 Å². The van der Waals surface area contributed by atoms with Gasteiger partial charge in [0, 0.05) is 33.1 Å². The van der Waals surface area contributed by atoms with Gasteiger partial charge in [0.2, 0.25) is 5.91 Å². The predicted octanol–water partition coefficient (Wildman–Crippen LogP) is 8.06. The maximum atomic E-state index is 13.5. The van der Waals surface area contributed by atoms with E-state index in [9.17, 15) is 4.79 Å². The standard InChI is InChI=1S/C30H23N3OS2/c34-27(33-23-15-7-9-17-25(23)36-26-18-10-8-16-24(26)33)19-20-35-30-31-28(21-11-3-1-4-12-21)29(32-30)22-13-5-2-6-14-22/h1-18H,19-20H2,(H,31,32). The lowest BCUT2D eigenvalue weighted by molar-refractivity contribution is -0.117. The van der Waals surface area contributed by atoms with E-state index in [2.05, 4.69) is 41.4 Å². The number of para-hydroxylation sites is 2. The smallest absolute Gasteiger partial charge is 0.232 e. The molecule has 6 rings (SSSR count). The number of rotatable bonds is 6. The van der Waals surface area contributed by atoms with Gasteiger partial charge in [-0.25, -0.2) is 4.98 Å². The Kier molecular flexibility index (Phi) is 6.36. The Bertz CT molecular complexity index is 1410. The molecule has 5 aromatic rings. The largest absolute Gasteiger partial charge is 0.332 e. The van der Waals surface area contributed by atoms with Crippen molar-refractivity contribution in [2.45, 2.75) is 21.4 Å². The number of nitrogens with one attached hydrogen (secondary N) is 1. The Labute approximate surface area is 218 Å². The van der Waals surface area contributed by atoms with Crippen LogP contribution < -0.4 is 4.90 Å². The van der Waals surface area contributed by atoms with Crippen LogP contribution in [0.3, 0.4) is 0 Å². The van der Waals surface area contributed by atoms with Crippen molar-refractivity contribution in [3.8, 4) is 22.5 Å². The molecule has 4 aromatic carbocycles. The number of H-pyrrole nitrogens is 1. The third-order valence-corrected chi connectivity index (χ3v) is 8.03. The molecule has 1 aliphatic rings. The lowest BCUT2D eigenvalue weighted by Gasteiger charge is -2.31. The van der Waals surface area contributed by atoms with Gasteiger partial charge in [-0.15, -0.1) is 0 Å². The van der Waals surface area contributed by atoms with Crippen LogP contribution in [0.25, 0.3) is 22.5 Å². The molecular formula is C30H23N3OS2. The lowest BCUT2D eigenvalue weighted by Crippen LogP contribution is -2.28. The van der Waals surface area contributed by atoms with Crippen LogP contribution in [0.2, 0.25) is 0 Å². The van der Waals surface area contributed by atoms with E-state index in [-0.39, 0.29) is 5.91 Å². The van der Waals surface area contributed by atoms with E-state index in [1.165, 1.54) is 0 Å². The summed E-state index contributed by atoms with van der Waals surface area (Å²) >= 11 is 3.29.